The van der Waals surface area contributed by atoms with Crippen molar-refractivity contribution in [3.63, 3.8) is 0 Å². The number of benzene rings is 1. The van der Waals surface area contributed by atoms with Gasteiger partial charge in [0.05, 0.1) is 0 Å². The van der Waals surface area contributed by atoms with E-state index in [2.05, 4.69) is 32.3 Å². The first-order chi connectivity index (χ1) is 7.60. The van der Waals surface area contributed by atoms with Crippen molar-refractivity contribution in [2.45, 2.75) is 39.7 Å². The molecule has 0 radical (unpaired) electrons. The zero-order valence-corrected chi connectivity index (χ0v) is 11.0. The molecule has 3 heteroatoms. The van der Waals surface area contributed by atoms with Crippen LogP contribution >= 0.6 is 11.6 Å². The highest BCUT2D eigenvalue weighted by molar-refractivity contribution is 6.30. The molecule has 0 saturated carbocycles. The van der Waals surface area contributed by atoms with Gasteiger partial charge in [-0.05, 0) is 42.5 Å². The van der Waals surface area contributed by atoms with Gasteiger partial charge in [-0.25, -0.2) is 0 Å². The zero-order valence-electron chi connectivity index (χ0n) is 10.3. The number of hydrazine groups is 1. The van der Waals surface area contributed by atoms with Gasteiger partial charge in [0, 0.05) is 11.1 Å². The minimum absolute atomic E-state index is 0.206. The molecule has 0 aromatic heterocycles. The van der Waals surface area contributed by atoms with Crippen LogP contribution in [0, 0.1) is 12.8 Å². The lowest BCUT2D eigenvalue weighted by Gasteiger charge is -2.25. The van der Waals surface area contributed by atoms with Crippen LogP contribution < -0.4 is 11.3 Å². The van der Waals surface area contributed by atoms with Crippen molar-refractivity contribution >= 4 is 11.6 Å². The van der Waals surface area contributed by atoms with Crippen LogP contribution in [0.4, 0.5) is 0 Å². The van der Waals surface area contributed by atoms with E-state index in [0.29, 0.717) is 5.92 Å². The van der Waals surface area contributed by atoms with E-state index in [1.807, 2.05) is 12.1 Å². The summed E-state index contributed by atoms with van der Waals surface area (Å²) in [6, 6.07) is 6.18. The Morgan fingerprint density at radius 2 is 2.12 bits per heavy atom. The second-order valence-corrected chi connectivity index (χ2v) is 4.85. The molecule has 2 unspecified atom stereocenters. The summed E-state index contributed by atoms with van der Waals surface area (Å²) in [7, 11) is 0. The Hall–Kier alpha value is -0.570. The first kappa shape index (κ1) is 13.5. The predicted molar refractivity (Wildman–Crippen MR) is 70.3 cm³/mol. The van der Waals surface area contributed by atoms with Gasteiger partial charge in [-0.2, -0.15) is 0 Å². The van der Waals surface area contributed by atoms with Gasteiger partial charge in [0.25, 0.3) is 0 Å². The van der Waals surface area contributed by atoms with E-state index in [4.69, 9.17) is 17.4 Å². The smallest absolute Gasteiger partial charge is 0.0488 e. The SMILES string of the molecule is CCCC(C)C(NN)c1ccc(Cl)cc1C. The third-order valence-electron chi connectivity index (χ3n) is 3.06. The predicted octanol–water partition coefficient (Wildman–Crippen LogP) is 3.59. The Balaban J connectivity index is 2.94. The van der Waals surface area contributed by atoms with Gasteiger partial charge < -0.3 is 0 Å². The van der Waals surface area contributed by atoms with Gasteiger partial charge in [-0.15, -0.1) is 0 Å². The molecule has 0 saturated heterocycles. The molecule has 2 atom stereocenters. The number of hydrogen-bond donors (Lipinski definition) is 2. The van der Waals surface area contributed by atoms with E-state index < -0.39 is 0 Å². The summed E-state index contributed by atoms with van der Waals surface area (Å²) in [5.74, 6) is 6.18. The maximum absolute atomic E-state index is 5.95. The Labute approximate surface area is 103 Å². The van der Waals surface area contributed by atoms with E-state index in [9.17, 15) is 0 Å². The second kappa shape index (κ2) is 6.24. The first-order valence-corrected chi connectivity index (χ1v) is 6.20. The standard InChI is InChI=1S/C13H21ClN2/c1-4-5-9(2)13(16-15)12-7-6-11(14)8-10(12)3/h6-9,13,16H,4-5,15H2,1-3H3. The minimum atomic E-state index is 0.206. The molecule has 16 heavy (non-hydrogen) atoms. The molecule has 1 rings (SSSR count). The Bertz CT molecular complexity index is 339. The first-order valence-electron chi connectivity index (χ1n) is 5.82. The summed E-state index contributed by atoms with van der Waals surface area (Å²) in [6.45, 7) is 6.49. The van der Waals surface area contributed by atoms with Crippen LogP contribution in [-0.4, -0.2) is 0 Å². The average molecular weight is 241 g/mol. The van der Waals surface area contributed by atoms with Crippen molar-refractivity contribution in [1.82, 2.24) is 5.43 Å². The molecular weight excluding hydrogens is 220 g/mol. The molecule has 2 nitrogen and oxygen atoms in total. The lowest BCUT2D eigenvalue weighted by molar-refractivity contribution is 0.367. The van der Waals surface area contributed by atoms with Gasteiger partial charge in [-0.3, -0.25) is 11.3 Å². The van der Waals surface area contributed by atoms with E-state index in [-0.39, 0.29) is 6.04 Å². The molecule has 90 valence electrons. The van der Waals surface area contributed by atoms with E-state index >= 15 is 0 Å². The van der Waals surface area contributed by atoms with Crippen LogP contribution in [0.5, 0.6) is 0 Å². The third kappa shape index (κ3) is 3.21. The van der Waals surface area contributed by atoms with Crippen molar-refractivity contribution in [2.24, 2.45) is 11.8 Å². The molecule has 0 fully saturated rings. The van der Waals surface area contributed by atoms with Gasteiger partial charge in [0.2, 0.25) is 0 Å². The average Bonchev–Trinajstić information content (AvgIpc) is 2.22. The molecule has 0 aliphatic carbocycles. The summed E-state index contributed by atoms with van der Waals surface area (Å²) >= 11 is 5.95. The van der Waals surface area contributed by atoms with Crippen LogP contribution in [0.3, 0.4) is 0 Å². The summed E-state index contributed by atoms with van der Waals surface area (Å²) in [5, 5.41) is 0.778. The molecular formula is C13H21ClN2. The molecule has 0 aliphatic heterocycles. The van der Waals surface area contributed by atoms with Crippen LogP contribution in [-0.2, 0) is 0 Å². The largest absolute Gasteiger partial charge is 0.271 e. The molecule has 0 spiro atoms. The van der Waals surface area contributed by atoms with Crippen LogP contribution in [0.2, 0.25) is 5.02 Å². The minimum Gasteiger partial charge on any atom is -0.271 e. The fraction of sp³-hybridized carbons (Fsp3) is 0.538. The van der Waals surface area contributed by atoms with Crippen molar-refractivity contribution in [3.05, 3.63) is 34.3 Å². The van der Waals surface area contributed by atoms with Crippen molar-refractivity contribution in [1.29, 1.82) is 0 Å². The molecule has 0 aliphatic rings. The molecule has 0 amide bonds. The monoisotopic (exact) mass is 240 g/mol. The quantitative estimate of drug-likeness (QED) is 0.610. The Morgan fingerprint density at radius 1 is 1.44 bits per heavy atom. The number of nitrogens with two attached hydrogens (primary N) is 1. The highest BCUT2D eigenvalue weighted by Gasteiger charge is 2.18. The number of rotatable bonds is 5. The Morgan fingerprint density at radius 3 is 2.62 bits per heavy atom. The zero-order chi connectivity index (χ0) is 12.1. The normalized spacial score (nSPS) is 14.8. The second-order valence-electron chi connectivity index (χ2n) is 4.41. The number of halogens is 1. The van der Waals surface area contributed by atoms with Crippen LogP contribution in [0.15, 0.2) is 18.2 Å². The number of aryl methyl sites for hydroxylation is 1. The van der Waals surface area contributed by atoms with Crippen LogP contribution in [0.25, 0.3) is 0 Å². The highest BCUT2D eigenvalue weighted by Crippen LogP contribution is 2.28. The summed E-state index contributed by atoms with van der Waals surface area (Å²) in [6.07, 6.45) is 2.34. The maximum atomic E-state index is 5.95. The van der Waals surface area contributed by atoms with Gasteiger partial charge >= 0.3 is 0 Å². The van der Waals surface area contributed by atoms with Crippen molar-refractivity contribution in [3.8, 4) is 0 Å². The topological polar surface area (TPSA) is 38.0 Å². The molecule has 1 aromatic rings. The molecule has 0 heterocycles. The number of nitrogens with one attached hydrogen (secondary N) is 1. The maximum Gasteiger partial charge on any atom is 0.0488 e. The molecule has 1 aromatic carbocycles. The van der Waals surface area contributed by atoms with Gasteiger partial charge in [-0.1, -0.05) is 37.9 Å². The van der Waals surface area contributed by atoms with Crippen molar-refractivity contribution < 1.29 is 0 Å². The lowest BCUT2D eigenvalue weighted by Crippen LogP contribution is -2.33. The fourth-order valence-corrected chi connectivity index (χ4v) is 2.40. The molecule has 0 bridgehead atoms. The highest BCUT2D eigenvalue weighted by atomic mass is 35.5. The summed E-state index contributed by atoms with van der Waals surface area (Å²) < 4.78 is 0. The van der Waals surface area contributed by atoms with Gasteiger partial charge in [0.1, 0.15) is 0 Å². The summed E-state index contributed by atoms with van der Waals surface area (Å²) in [5.41, 5.74) is 5.36. The molecule has 3 N–H and O–H groups in total. The van der Waals surface area contributed by atoms with Crippen LogP contribution in [0.1, 0.15) is 43.9 Å². The fourth-order valence-electron chi connectivity index (χ4n) is 2.17. The Kier molecular flexibility index (Phi) is 5.26. The van der Waals surface area contributed by atoms with Crippen molar-refractivity contribution in [2.75, 3.05) is 0 Å². The number of hydrogen-bond acceptors (Lipinski definition) is 2. The lowest BCUT2D eigenvalue weighted by atomic mass is 9.89. The van der Waals surface area contributed by atoms with E-state index in [1.54, 1.807) is 0 Å². The van der Waals surface area contributed by atoms with Gasteiger partial charge in [0.15, 0.2) is 0 Å². The summed E-state index contributed by atoms with van der Waals surface area (Å²) in [4.78, 5) is 0. The third-order valence-corrected chi connectivity index (χ3v) is 3.29. The van der Waals surface area contributed by atoms with E-state index in [0.717, 1.165) is 11.4 Å². The van der Waals surface area contributed by atoms with E-state index in [1.165, 1.54) is 17.5 Å².